The van der Waals surface area contributed by atoms with Gasteiger partial charge in [-0.1, -0.05) is 12.1 Å². The average molecular weight is 436 g/mol. The van der Waals surface area contributed by atoms with Gasteiger partial charge in [0.15, 0.2) is 5.65 Å². The van der Waals surface area contributed by atoms with Gasteiger partial charge in [0, 0.05) is 50.4 Å². The smallest absolute Gasteiger partial charge is 0.254 e. The first kappa shape index (κ1) is 21.1. The largest absolute Gasteiger partial charge is 0.337 e. The van der Waals surface area contributed by atoms with Crippen molar-refractivity contribution in [2.45, 2.75) is 51.6 Å². The Kier molecular flexibility index (Phi) is 5.67. The van der Waals surface area contributed by atoms with Gasteiger partial charge in [-0.3, -0.25) is 9.69 Å². The van der Waals surface area contributed by atoms with E-state index in [1.165, 1.54) is 12.1 Å². The number of hydrogen-bond acceptors (Lipinski definition) is 4. The zero-order valence-corrected chi connectivity index (χ0v) is 18.8. The van der Waals surface area contributed by atoms with Gasteiger partial charge in [0.05, 0.1) is 17.1 Å². The lowest BCUT2D eigenvalue weighted by atomic mass is 10.1. The van der Waals surface area contributed by atoms with Crippen molar-refractivity contribution in [2.24, 2.45) is 0 Å². The number of carbonyl (C=O) groups is 1. The SMILES string of the molecule is CC(C)n1ncc2c(C(=O)N3CCCN(Cc4ccc(F)cc4)CC3)cc(C3CC3)nc21. The number of rotatable bonds is 5. The third kappa shape index (κ3) is 4.26. The summed E-state index contributed by atoms with van der Waals surface area (Å²) in [7, 11) is 0. The number of aromatic nitrogens is 3. The molecule has 1 saturated heterocycles. The van der Waals surface area contributed by atoms with Gasteiger partial charge in [0.25, 0.3) is 5.91 Å². The molecule has 1 aliphatic carbocycles. The summed E-state index contributed by atoms with van der Waals surface area (Å²) in [6.45, 7) is 8.09. The summed E-state index contributed by atoms with van der Waals surface area (Å²) in [5.74, 6) is 0.333. The molecule has 2 aliphatic rings. The Balaban J connectivity index is 1.36. The summed E-state index contributed by atoms with van der Waals surface area (Å²) in [5.41, 5.74) is 3.67. The van der Waals surface area contributed by atoms with Gasteiger partial charge in [-0.05, 0) is 56.9 Å². The first-order valence-electron chi connectivity index (χ1n) is 11.6. The highest BCUT2D eigenvalue weighted by atomic mass is 19.1. The van der Waals surface area contributed by atoms with E-state index in [1.807, 2.05) is 27.8 Å². The molecule has 6 nitrogen and oxygen atoms in total. The van der Waals surface area contributed by atoms with E-state index in [4.69, 9.17) is 4.98 Å². The summed E-state index contributed by atoms with van der Waals surface area (Å²) in [5, 5.41) is 5.38. The number of carbonyl (C=O) groups excluding carboxylic acids is 1. The lowest BCUT2D eigenvalue weighted by Crippen LogP contribution is -2.35. The van der Waals surface area contributed by atoms with Crippen molar-refractivity contribution < 1.29 is 9.18 Å². The number of pyridine rings is 1. The molecule has 1 aliphatic heterocycles. The predicted octanol–water partition coefficient (Wildman–Crippen LogP) is 4.38. The Labute approximate surface area is 188 Å². The van der Waals surface area contributed by atoms with Crippen LogP contribution in [-0.4, -0.2) is 56.7 Å². The Morgan fingerprint density at radius 3 is 2.62 bits per heavy atom. The lowest BCUT2D eigenvalue weighted by molar-refractivity contribution is 0.0763. The second-order valence-corrected chi connectivity index (χ2v) is 9.34. The molecule has 0 spiro atoms. The van der Waals surface area contributed by atoms with E-state index in [-0.39, 0.29) is 17.8 Å². The third-order valence-electron chi connectivity index (χ3n) is 6.50. The van der Waals surface area contributed by atoms with Gasteiger partial charge in [-0.2, -0.15) is 5.10 Å². The number of hydrogen-bond donors (Lipinski definition) is 0. The van der Waals surface area contributed by atoms with E-state index >= 15 is 0 Å². The molecular weight excluding hydrogens is 405 g/mol. The number of halogens is 1. The van der Waals surface area contributed by atoms with Gasteiger partial charge in [-0.25, -0.2) is 14.1 Å². The van der Waals surface area contributed by atoms with E-state index in [0.717, 1.165) is 73.3 Å². The Morgan fingerprint density at radius 1 is 1.12 bits per heavy atom. The zero-order valence-electron chi connectivity index (χ0n) is 18.8. The van der Waals surface area contributed by atoms with E-state index in [1.54, 1.807) is 6.20 Å². The standard InChI is InChI=1S/C25H30FN5O/c1-17(2)31-24-22(15-27-31)21(14-23(28-24)19-6-7-19)25(32)30-11-3-10-29(12-13-30)16-18-4-8-20(26)9-5-18/h4-5,8-9,14-15,17,19H,3,6-7,10-13,16H2,1-2H3. The minimum Gasteiger partial charge on any atom is -0.337 e. The number of fused-ring (bicyclic) bond motifs is 1. The molecule has 2 aromatic heterocycles. The van der Waals surface area contributed by atoms with Crippen LogP contribution in [0, 0.1) is 5.82 Å². The van der Waals surface area contributed by atoms with Crippen LogP contribution in [0.4, 0.5) is 4.39 Å². The third-order valence-corrected chi connectivity index (χ3v) is 6.50. The van der Waals surface area contributed by atoms with Gasteiger partial charge in [0.1, 0.15) is 5.82 Å². The van der Waals surface area contributed by atoms with Crippen LogP contribution in [0.3, 0.4) is 0 Å². The van der Waals surface area contributed by atoms with Crippen LogP contribution in [0.25, 0.3) is 11.0 Å². The lowest BCUT2D eigenvalue weighted by Gasteiger charge is -2.22. The van der Waals surface area contributed by atoms with Crippen molar-refractivity contribution in [3.05, 3.63) is 59.2 Å². The van der Waals surface area contributed by atoms with Crippen molar-refractivity contribution >= 4 is 16.9 Å². The molecule has 5 rings (SSSR count). The molecule has 0 bridgehead atoms. The van der Waals surface area contributed by atoms with Crippen LogP contribution in [0.2, 0.25) is 0 Å². The molecule has 0 atom stereocenters. The molecule has 1 saturated carbocycles. The maximum absolute atomic E-state index is 13.6. The van der Waals surface area contributed by atoms with Gasteiger partial charge in [-0.15, -0.1) is 0 Å². The molecule has 2 fully saturated rings. The average Bonchev–Trinajstić information content (AvgIpc) is 3.58. The van der Waals surface area contributed by atoms with Gasteiger partial charge in [0.2, 0.25) is 0 Å². The van der Waals surface area contributed by atoms with Crippen LogP contribution >= 0.6 is 0 Å². The van der Waals surface area contributed by atoms with Crippen LogP contribution in [0.1, 0.15) is 66.7 Å². The summed E-state index contributed by atoms with van der Waals surface area (Å²) < 4.78 is 15.1. The summed E-state index contributed by atoms with van der Waals surface area (Å²) in [6, 6.07) is 8.88. The molecule has 32 heavy (non-hydrogen) atoms. The number of nitrogens with zero attached hydrogens (tertiary/aromatic N) is 5. The first-order chi connectivity index (χ1) is 15.5. The highest BCUT2D eigenvalue weighted by molar-refractivity contribution is 6.05. The molecule has 0 unspecified atom stereocenters. The van der Waals surface area contributed by atoms with Gasteiger partial charge >= 0.3 is 0 Å². The van der Waals surface area contributed by atoms with E-state index in [0.29, 0.717) is 12.5 Å². The minimum absolute atomic E-state index is 0.0752. The molecule has 3 heterocycles. The molecule has 168 valence electrons. The zero-order chi connectivity index (χ0) is 22.2. The van der Waals surface area contributed by atoms with Crippen molar-refractivity contribution in [1.29, 1.82) is 0 Å². The monoisotopic (exact) mass is 435 g/mol. The van der Waals surface area contributed by atoms with Crippen molar-refractivity contribution in [3.8, 4) is 0 Å². The number of amides is 1. The van der Waals surface area contributed by atoms with Crippen LogP contribution < -0.4 is 0 Å². The van der Waals surface area contributed by atoms with Crippen LogP contribution in [-0.2, 0) is 6.54 Å². The van der Waals surface area contributed by atoms with Crippen LogP contribution in [0.5, 0.6) is 0 Å². The van der Waals surface area contributed by atoms with E-state index in [2.05, 4.69) is 23.8 Å². The molecule has 3 aromatic rings. The van der Waals surface area contributed by atoms with Crippen LogP contribution in [0.15, 0.2) is 36.5 Å². The summed E-state index contributed by atoms with van der Waals surface area (Å²) in [6.07, 6.45) is 5.00. The van der Waals surface area contributed by atoms with E-state index in [9.17, 15) is 9.18 Å². The Hall–Kier alpha value is -2.80. The topological polar surface area (TPSA) is 54.3 Å². The molecule has 1 aromatic carbocycles. The highest BCUT2D eigenvalue weighted by Gasteiger charge is 2.30. The molecule has 7 heteroatoms. The minimum atomic E-state index is -0.212. The normalized spacial score (nSPS) is 17.8. The highest BCUT2D eigenvalue weighted by Crippen LogP contribution is 2.40. The quantitative estimate of drug-likeness (QED) is 0.597. The first-order valence-corrected chi connectivity index (χ1v) is 11.6. The Morgan fingerprint density at radius 2 is 1.91 bits per heavy atom. The molecule has 1 amide bonds. The molecule has 0 radical (unpaired) electrons. The predicted molar refractivity (Wildman–Crippen MR) is 122 cm³/mol. The van der Waals surface area contributed by atoms with Crippen molar-refractivity contribution in [1.82, 2.24) is 24.6 Å². The fraction of sp³-hybridized carbons (Fsp3) is 0.480. The second-order valence-electron chi connectivity index (χ2n) is 9.34. The van der Waals surface area contributed by atoms with Gasteiger partial charge < -0.3 is 4.90 Å². The maximum Gasteiger partial charge on any atom is 0.254 e. The molecular formula is C25H30FN5O. The fourth-order valence-electron chi connectivity index (χ4n) is 4.53. The van der Waals surface area contributed by atoms with Crippen molar-refractivity contribution in [2.75, 3.05) is 26.2 Å². The van der Waals surface area contributed by atoms with Crippen molar-refractivity contribution in [3.63, 3.8) is 0 Å². The Bertz CT molecular complexity index is 1120. The second kappa shape index (κ2) is 8.62. The van der Waals surface area contributed by atoms with E-state index < -0.39 is 0 Å². The maximum atomic E-state index is 13.6. The fourth-order valence-corrected chi connectivity index (χ4v) is 4.53. The summed E-state index contributed by atoms with van der Waals surface area (Å²) >= 11 is 0. The molecule has 0 N–H and O–H groups in total. The summed E-state index contributed by atoms with van der Waals surface area (Å²) in [4.78, 5) is 22.8. The number of benzene rings is 1.